The van der Waals surface area contributed by atoms with Crippen molar-refractivity contribution in [3.8, 4) is 0 Å². The molecule has 5 nitrogen and oxygen atoms in total. The third-order valence-corrected chi connectivity index (χ3v) is 6.03. The van der Waals surface area contributed by atoms with Gasteiger partial charge >= 0.3 is 0 Å². The lowest BCUT2D eigenvalue weighted by Gasteiger charge is -2.36. The van der Waals surface area contributed by atoms with E-state index in [0.717, 1.165) is 16.8 Å². The number of Topliss-reactive ketones (excluding diaryl/α,β-unsaturated/α-hetero) is 1. The maximum Gasteiger partial charge on any atom is 0.244 e. The molecule has 1 heterocycles. The van der Waals surface area contributed by atoms with Gasteiger partial charge in [-0.05, 0) is 30.2 Å². The minimum absolute atomic E-state index is 0.0500. The van der Waals surface area contributed by atoms with Crippen molar-refractivity contribution in [2.45, 2.75) is 31.3 Å². The summed E-state index contributed by atoms with van der Waals surface area (Å²) < 4.78 is 0. The fourth-order valence-electron chi connectivity index (χ4n) is 4.17. The second-order valence-electron chi connectivity index (χ2n) is 7.61. The minimum atomic E-state index is -1.03. The molecular formula is C24H21ClN2O3. The number of nitrogens with one attached hydrogen (secondary N) is 1. The first-order chi connectivity index (χ1) is 14.5. The number of halogens is 1. The number of nitro groups is 1. The molecule has 0 amide bonds. The van der Waals surface area contributed by atoms with E-state index >= 15 is 0 Å². The van der Waals surface area contributed by atoms with E-state index in [4.69, 9.17) is 11.6 Å². The van der Waals surface area contributed by atoms with E-state index in [2.05, 4.69) is 5.32 Å². The molecule has 0 saturated heterocycles. The predicted molar refractivity (Wildman–Crippen MR) is 118 cm³/mol. The van der Waals surface area contributed by atoms with Gasteiger partial charge in [-0.25, -0.2) is 0 Å². The molecule has 0 fully saturated rings. The van der Waals surface area contributed by atoms with Gasteiger partial charge in [-0.1, -0.05) is 77.8 Å². The van der Waals surface area contributed by atoms with Crippen molar-refractivity contribution in [3.63, 3.8) is 0 Å². The molecule has 30 heavy (non-hydrogen) atoms. The summed E-state index contributed by atoms with van der Waals surface area (Å²) in [4.78, 5) is 25.0. The second-order valence-corrected chi connectivity index (χ2v) is 8.01. The highest BCUT2D eigenvalue weighted by molar-refractivity contribution is 6.31. The van der Waals surface area contributed by atoms with Crippen molar-refractivity contribution in [2.24, 2.45) is 0 Å². The summed E-state index contributed by atoms with van der Waals surface area (Å²) in [6.07, 6.45) is 0.0500. The van der Waals surface area contributed by atoms with Crippen LogP contribution in [0.1, 0.15) is 45.4 Å². The highest BCUT2D eigenvalue weighted by Crippen LogP contribution is 2.45. The lowest BCUT2D eigenvalue weighted by Crippen LogP contribution is -2.42. The zero-order valence-electron chi connectivity index (χ0n) is 16.4. The molecule has 0 aromatic heterocycles. The largest absolute Gasteiger partial charge is 0.372 e. The summed E-state index contributed by atoms with van der Waals surface area (Å²) >= 11 is 6.39. The number of rotatable bonds is 5. The number of anilines is 1. The van der Waals surface area contributed by atoms with E-state index in [-0.39, 0.29) is 17.1 Å². The monoisotopic (exact) mass is 420 g/mol. The molecule has 3 aromatic carbocycles. The molecule has 3 atom stereocenters. The van der Waals surface area contributed by atoms with Gasteiger partial charge in [0.1, 0.15) is 6.04 Å². The standard InChI is InChI=1S/C24H21ClN2O3/c1-15-10-12-16(13-11-15)22(28)14-19-17-6-3-5-9-21(17)26-23(24(19)27(29)30)18-7-2-4-8-20(18)25/h2-13,19,23-24,26H,14H2,1H3/t19-,23+,24+/m1/s1. The zero-order chi connectivity index (χ0) is 21.3. The maximum atomic E-state index is 13.0. The zero-order valence-corrected chi connectivity index (χ0v) is 17.2. The Labute approximate surface area is 179 Å². The van der Waals surface area contributed by atoms with Gasteiger partial charge in [-0.15, -0.1) is 0 Å². The topological polar surface area (TPSA) is 72.2 Å². The van der Waals surface area contributed by atoms with Crippen molar-refractivity contribution in [3.05, 3.63) is 110 Å². The Morgan fingerprint density at radius 2 is 1.63 bits per heavy atom. The molecule has 1 N–H and O–H groups in total. The average molecular weight is 421 g/mol. The number of ketones is 1. The Bertz CT molecular complexity index is 1100. The molecule has 0 aliphatic carbocycles. The fraction of sp³-hybridized carbons (Fsp3) is 0.208. The molecular weight excluding hydrogens is 400 g/mol. The number of hydrogen-bond acceptors (Lipinski definition) is 4. The first kappa shape index (κ1) is 20.1. The molecule has 3 aromatic rings. The van der Waals surface area contributed by atoms with Gasteiger partial charge in [-0.3, -0.25) is 14.9 Å². The normalized spacial score (nSPS) is 20.1. The van der Waals surface area contributed by atoms with Crippen LogP contribution >= 0.6 is 11.6 Å². The van der Waals surface area contributed by atoms with Crippen molar-refractivity contribution in [2.75, 3.05) is 5.32 Å². The molecule has 6 heteroatoms. The first-order valence-corrected chi connectivity index (χ1v) is 10.2. The van der Waals surface area contributed by atoms with E-state index in [0.29, 0.717) is 16.1 Å². The van der Waals surface area contributed by atoms with Crippen molar-refractivity contribution in [1.82, 2.24) is 0 Å². The number of nitrogens with zero attached hydrogens (tertiary/aromatic N) is 1. The van der Waals surface area contributed by atoms with Gasteiger partial charge in [0.25, 0.3) is 0 Å². The number of carbonyl (C=O) groups excluding carboxylic acids is 1. The van der Waals surface area contributed by atoms with Crippen LogP contribution in [0.25, 0.3) is 0 Å². The van der Waals surface area contributed by atoms with Crippen LogP contribution in [-0.4, -0.2) is 16.7 Å². The van der Waals surface area contributed by atoms with E-state index in [9.17, 15) is 14.9 Å². The number of hydrogen-bond donors (Lipinski definition) is 1. The van der Waals surface area contributed by atoms with E-state index in [1.807, 2.05) is 49.4 Å². The van der Waals surface area contributed by atoms with Crippen molar-refractivity contribution < 1.29 is 9.72 Å². The molecule has 4 rings (SSSR count). The number of para-hydroxylation sites is 1. The lowest BCUT2D eigenvalue weighted by molar-refractivity contribution is -0.530. The Morgan fingerprint density at radius 3 is 2.30 bits per heavy atom. The van der Waals surface area contributed by atoms with Gasteiger partial charge in [-0.2, -0.15) is 0 Å². The Kier molecular flexibility index (Phi) is 5.55. The molecule has 1 aliphatic rings. The number of aryl methyl sites for hydroxylation is 1. The first-order valence-electron chi connectivity index (χ1n) is 9.79. The molecule has 152 valence electrons. The summed E-state index contributed by atoms with van der Waals surface area (Å²) in [6.45, 7) is 1.95. The van der Waals surface area contributed by atoms with Crippen LogP contribution in [0.5, 0.6) is 0 Å². The number of fused-ring (bicyclic) bond motifs is 1. The van der Waals surface area contributed by atoms with E-state index in [1.54, 1.807) is 30.3 Å². The fourth-order valence-corrected chi connectivity index (χ4v) is 4.42. The molecule has 0 saturated carbocycles. The summed E-state index contributed by atoms with van der Waals surface area (Å²) in [5.74, 6) is -0.686. The Hall–Kier alpha value is -3.18. The van der Waals surface area contributed by atoms with Crippen LogP contribution in [0.15, 0.2) is 72.8 Å². The third kappa shape index (κ3) is 3.81. The van der Waals surface area contributed by atoms with Crippen LogP contribution in [0.2, 0.25) is 5.02 Å². The summed E-state index contributed by atoms with van der Waals surface area (Å²) in [5.41, 5.74) is 3.85. The molecule has 0 bridgehead atoms. The summed E-state index contributed by atoms with van der Waals surface area (Å²) in [5, 5.41) is 16.0. The van der Waals surface area contributed by atoms with Crippen LogP contribution in [0, 0.1) is 17.0 Å². The minimum Gasteiger partial charge on any atom is -0.372 e. The molecule has 0 radical (unpaired) electrons. The lowest BCUT2D eigenvalue weighted by atomic mass is 9.77. The summed E-state index contributed by atoms with van der Waals surface area (Å²) in [7, 11) is 0. The van der Waals surface area contributed by atoms with Gasteiger partial charge < -0.3 is 5.32 Å². The summed E-state index contributed by atoms with van der Waals surface area (Å²) in [6, 6.07) is 20.2. The van der Waals surface area contributed by atoms with Crippen LogP contribution < -0.4 is 5.32 Å². The number of carbonyl (C=O) groups is 1. The molecule has 0 unspecified atom stereocenters. The Balaban J connectivity index is 1.77. The third-order valence-electron chi connectivity index (χ3n) is 5.69. The molecule has 1 aliphatic heterocycles. The predicted octanol–water partition coefficient (Wildman–Crippen LogP) is 5.82. The van der Waals surface area contributed by atoms with Crippen LogP contribution in [0.3, 0.4) is 0 Å². The van der Waals surface area contributed by atoms with Gasteiger partial charge in [0.05, 0.1) is 5.92 Å². The van der Waals surface area contributed by atoms with Gasteiger partial charge in [0.15, 0.2) is 5.78 Å². The van der Waals surface area contributed by atoms with Gasteiger partial charge in [0.2, 0.25) is 6.04 Å². The van der Waals surface area contributed by atoms with E-state index < -0.39 is 18.0 Å². The highest BCUT2D eigenvalue weighted by atomic mass is 35.5. The number of benzene rings is 3. The van der Waals surface area contributed by atoms with Crippen molar-refractivity contribution in [1.29, 1.82) is 0 Å². The SMILES string of the molecule is Cc1ccc(C(=O)C[C@@H]2c3ccccc3N[C@@H](c3ccccc3Cl)[C@H]2[N+](=O)[O-])cc1. The van der Waals surface area contributed by atoms with E-state index in [1.165, 1.54) is 0 Å². The van der Waals surface area contributed by atoms with Gasteiger partial charge in [0, 0.05) is 27.6 Å². The van der Waals surface area contributed by atoms with Crippen LogP contribution in [0.4, 0.5) is 5.69 Å². The highest BCUT2D eigenvalue weighted by Gasteiger charge is 2.46. The Morgan fingerprint density at radius 1 is 1.00 bits per heavy atom. The smallest absolute Gasteiger partial charge is 0.244 e. The second kappa shape index (κ2) is 8.28. The van der Waals surface area contributed by atoms with Crippen molar-refractivity contribution >= 4 is 23.1 Å². The maximum absolute atomic E-state index is 13.0. The van der Waals surface area contributed by atoms with Crippen LogP contribution in [-0.2, 0) is 0 Å². The quantitative estimate of drug-likeness (QED) is 0.321. The molecule has 0 spiro atoms. The average Bonchev–Trinajstić information content (AvgIpc) is 2.74.